The number of thiazole rings is 1. The summed E-state index contributed by atoms with van der Waals surface area (Å²) >= 11 is 1.81. The molecule has 4 aromatic rings. The molecule has 4 heteroatoms. The first-order valence-corrected chi connectivity index (χ1v) is 9.89. The smallest absolute Gasteiger partial charge is 0.113 e. The largest absolute Gasteiger partial charge is 0.342 e. The van der Waals surface area contributed by atoms with Crippen LogP contribution in [-0.2, 0) is 17.3 Å². The number of para-hydroxylation sites is 2. The lowest BCUT2D eigenvalue weighted by Crippen LogP contribution is -2.22. The van der Waals surface area contributed by atoms with E-state index in [9.17, 15) is 0 Å². The highest BCUT2D eigenvalue weighted by molar-refractivity contribution is 7.18. The Balaban J connectivity index is 1.66. The number of aromatic amines is 1. The van der Waals surface area contributed by atoms with E-state index >= 15 is 0 Å². The Kier molecular flexibility index (Phi) is 3.92. The van der Waals surface area contributed by atoms with Crippen LogP contribution < -0.4 is 0 Å². The van der Waals surface area contributed by atoms with Gasteiger partial charge in [0.15, 0.2) is 0 Å². The Morgan fingerprint density at radius 2 is 1.69 bits per heavy atom. The number of H-pyrrole nitrogens is 1. The molecule has 0 spiro atoms. The summed E-state index contributed by atoms with van der Waals surface area (Å²) in [6.45, 7) is 11.2. The van der Waals surface area contributed by atoms with E-state index < -0.39 is 0 Å². The predicted octanol–water partition coefficient (Wildman–Crippen LogP) is 5.99. The van der Waals surface area contributed by atoms with Gasteiger partial charge in [-0.2, -0.15) is 0 Å². The van der Waals surface area contributed by atoms with E-state index in [2.05, 4.69) is 69.9 Å². The SMILES string of the molecule is CC(C)(C)c1nc2ccc(CC(C)(C)c3nc4ccccc4[nH]3)cc2s1. The van der Waals surface area contributed by atoms with Crippen LogP contribution >= 0.6 is 11.3 Å². The first-order chi connectivity index (χ1) is 12.2. The molecule has 2 aromatic heterocycles. The Morgan fingerprint density at radius 1 is 0.923 bits per heavy atom. The van der Waals surface area contributed by atoms with Crippen LogP contribution in [0.15, 0.2) is 42.5 Å². The second-order valence-corrected chi connectivity index (χ2v) is 9.76. The fourth-order valence-corrected chi connectivity index (χ4v) is 4.35. The number of imidazole rings is 1. The van der Waals surface area contributed by atoms with E-state index in [-0.39, 0.29) is 10.8 Å². The highest BCUT2D eigenvalue weighted by Crippen LogP contribution is 2.33. The van der Waals surface area contributed by atoms with Crippen LogP contribution in [0.4, 0.5) is 0 Å². The highest BCUT2D eigenvalue weighted by Gasteiger charge is 2.25. The van der Waals surface area contributed by atoms with Crippen LogP contribution in [0, 0.1) is 0 Å². The monoisotopic (exact) mass is 363 g/mol. The number of hydrogen-bond acceptors (Lipinski definition) is 3. The minimum absolute atomic E-state index is 0.0652. The zero-order chi connectivity index (χ0) is 18.5. The van der Waals surface area contributed by atoms with Crippen molar-refractivity contribution in [1.29, 1.82) is 0 Å². The first kappa shape index (κ1) is 17.2. The molecule has 2 heterocycles. The number of rotatable bonds is 3. The molecule has 2 aromatic carbocycles. The summed E-state index contributed by atoms with van der Waals surface area (Å²) in [4.78, 5) is 13.1. The number of aromatic nitrogens is 3. The lowest BCUT2D eigenvalue weighted by atomic mass is 9.85. The fraction of sp³-hybridized carbons (Fsp3) is 0.364. The van der Waals surface area contributed by atoms with Crippen LogP contribution in [0.1, 0.15) is 51.0 Å². The number of nitrogens with one attached hydrogen (secondary N) is 1. The fourth-order valence-electron chi connectivity index (χ4n) is 3.27. The van der Waals surface area contributed by atoms with Crippen molar-refractivity contribution < 1.29 is 0 Å². The van der Waals surface area contributed by atoms with Crippen LogP contribution in [0.3, 0.4) is 0 Å². The average molecular weight is 364 g/mol. The van der Waals surface area contributed by atoms with Gasteiger partial charge < -0.3 is 4.98 Å². The molecule has 0 fully saturated rings. The van der Waals surface area contributed by atoms with Crippen molar-refractivity contribution in [2.45, 2.75) is 51.9 Å². The minimum atomic E-state index is -0.0652. The zero-order valence-corrected chi connectivity index (χ0v) is 16.9. The summed E-state index contributed by atoms with van der Waals surface area (Å²) in [6.07, 6.45) is 0.936. The van der Waals surface area contributed by atoms with E-state index in [1.165, 1.54) is 15.3 Å². The van der Waals surface area contributed by atoms with Crippen LogP contribution in [0.25, 0.3) is 21.3 Å². The molecule has 0 aliphatic heterocycles. The lowest BCUT2D eigenvalue weighted by Gasteiger charge is -2.22. The third-order valence-corrected chi connectivity index (χ3v) is 6.21. The number of hydrogen-bond donors (Lipinski definition) is 1. The highest BCUT2D eigenvalue weighted by atomic mass is 32.1. The van der Waals surface area contributed by atoms with Crippen molar-refractivity contribution >= 4 is 32.6 Å². The van der Waals surface area contributed by atoms with Crippen LogP contribution in [0.2, 0.25) is 0 Å². The summed E-state index contributed by atoms with van der Waals surface area (Å²) < 4.78 is 1.27. The van der Waals surface area contributed by atoms with Gasteiger partial charge in [0.1, 0.15) is 5.82 Å². The molecule has 1 N–H and O–H groups in total. The maximum atomic E-state index is 4.81. The van der Waals surface area contributed by atoms with E-state index in [0.29, 0.717) is 0 Å². The van der Waals surface area contributed by atoms with Gasteiger partial charge in [0.2, 0.25) is 0 Å². The third kappa shape index (κ3) is 3.14. The standard InChI is InChI=1S/C22H25N3S/c1-21(2,3)20-25-17-11-10-14(12-18(17)26-20)13-22(4,5)19-23-15-8-6-7-9-16(15)24-19/h6-12H,13H2,1-5H3,(H,23,24). The molecular formula is C22H25N3S. The average Bonchev–Trinajstić information content (AvgIpc) is 3.18. The molecule has 26 heavy (non-hydrogen) atoms. The van der Waals surface area contributed by atoms with Gasteiger partial charge in [-0.3, -0.25) is 0 Å². The Labute approximate surface area is 158 Å². The van der Waals surface area contributed by atoms with Gasteiger partial charge in [-0.25, -0.2) is 9.97 Å². The summed E-state index contributed by atoms with van der Waals surface area (Å²) in [5.74, 6) is 1.04. The van der Waals surface area contributed by atoms with Crippen molar-refractivity contribution in [3.8, 4) is 0 Å². The normalized spacial score (nSPS) is 13.0. The van der Waals surface area contributed by atoms with Gasteiger partial charge in [0.05, 0.1) is 26.3 Å². The van der Waals surface area contributed by atoms with Gasteiger partial charge in [-0.1, -0.05) is 52.8 Å². The topological polar surface area (TPSA) is 41.6 Å². The summed E-state index contributed by atoms with van der Waals surface area (Å²) in [5.41, 5.74) is 4.59. The molecule has 0 saturated carbocycles. The Bertz CT molecular complexity index is 1050. The van der Waals surface area contributed by atoms with Gasteiger partial charge in [-0.05, 0) is 36.2 Å². The van der Waals surface area contributed by atoms with E-state index in [0.717, 1.165) is 28.8 Å². The van der Waals surface area contributed by atoms with Crippen LogP contribution in [0.5, 0.6) is 0 Å². The second kappa shape index (κ2) is 5.92. The zero-order valence-electron chi connectivity index (χ0n) is 16.1. The number of nitrogens with zero attached hydrogens (tertiary/aromatic N) is 2. The van der Waals surface area contributed by atoms with Gasteiger partial charge in [0.25, 0.3) is 0 Å². The Morgan fingerprint density at radius 3 is 2.42 bits per heavy atom. The van der Waals surface area contributed by atoms with Crippen LogP contribution in [-0.4, -0.2) is 15.0 Å². The quantitative estimate of drug-likeness (QED) is 0.486. The molecular weight excluding hydrogens is 338 g/mol. The van der Waals surface area contributed by atoms with Crippen molar-refractivity contribution in [3.05, 3.63) is 58.9 Å². The van der Waals surface area contributed by atoms with Crippen molar-refractivity contribution in [2.75, 3.05) is 0 Å². The summed E-state index contributed by atoms with van der Waals surface area (Å²) in [6, 6.07) is 14.9. The maximum Gasteiger partial charge on any atom is 0.113 e. The molecule has 0 saturated heterocycles. The predicted molar refractivity (Wildman–Crippen MR) is 111 cm³/mol. The number of benzene rings is 2. The molecule has 0 unspecified atom stereocenters. The lowest BCUT2D eigenvalue weighted by molar-refractivity contribution is 0.494. The van der Waals surface area contributed by atoms with Gasteiger partial charge >= 0.3 is 0 Å². The van der Waals surface area contributed by atoms with Crippen molar-refractivity contribution in [1.82, 2.24) is 15.0 Å². The van der Waals surface area contributed by atoms with Gasteiger partial charge in [0, 0.05) is 10.8 Å². The number of fused-ring (bicyclic) bond motifs is 2. The van der Waals surface area contributed by atoms with E-state index in [1.54, 1.807) is 0 Å². The molecule has 0 atom stereocenters. The molecule has 0 aliphatic carbocycles. The Hall–Kier alpha value is -2.20. The molecule has 4 rings (SSSR count). The molecule has 0 aliphatic rings. The van der Waals surface area contributed by atoms with E-state index in [4.69, 9.17) is 9.97 Å². The summed E-state index contributed by atoms with van der Waals surface area (Å²) in [7, 11) is 0. The van der Waals surface area contributed by atoms with Crippen molar-refractivity contribution in [2.24, 2.45) is 0 Å². The van der Waals surface area contributed by atoms with Gasteiger partial charge in [-0.15, -0.1) is 11.3 Å². The first-order valence-electron chi connectivity index (χ1n) is 9.08. The molecule has 0 bridgehead atoms. The molecule has 134 valence electrons. The molecule has 0 radical (unpaired) electrons. The molecule has 3 nitrogen and oxygen atoms in total. The van der Waals surface area contributed by atoms with E-state index in [1.807, 2.05) is 23.5 Å². The summed E-state index contributed by atoms with van der Waals surface area (Å²) in [5, 5.41) is 1.20. The second-order valence-electron chi connectivity index (χ2n) is 8.73. The third-order valence-electron chi connectivity index (χ3n) is 4.77. The molecule has 0 amide bonds. The van der Waals surface area contributed by atoms with Crippen molar-refractivity contribution in [3.63, 3.8) is 0 Å². The minimum Gasteiger partial charge on any atom is -0.342 e. The maximum absolute atomic E-state index is 4.81.